The van der Waals surface area contributed by atoms with Crippen molar-refractivity contribution in [3.8, 4) is 11.5 Å². The number of halogens is 3. The molecule has 216 valence electrons. The fourth-order valence-electron chi connectivity index (χ4n) is 5.47. The highest BCUT2D eigenvalue weighted by atomic mass is 32.1. The van der Waals surface area contributed by atoms with Gasteiger partial charge < -0.3 is 24.2 Å². The number of para-hydroxylation sites is 2. The fourth-order valence-corrected chi connectivity index (χ4v) is 6.44. The van der Waals surface area contributed by atoms with E-state index in [1.807, 2.05) is 28.0 Å². The lowest BCUT2D eigenvalue weighted by Crippen LogP contribution is -2.49. The van der Waals surface area contributed by atoms with E-state index in [1.54, 1.807) is 22.4 Å². The number of amides is 2. The average molecular weight is 587 g/mol. The highest BCUT2D eigenvalue weighted by molar-refractivity contribution is 7.09. The van der Waals surface area contributed by atoms with E-state index in [4.69, 9.17) is 9.47 Å². The van der Waals surface area contributed by atoms with Gasteiger partial charge in [-0.15, -0.1) is 11.3 Å². The zero-order valence-electron chi connectivity index (χ0n) is 22.2. The second-order valence-electron chi connectivity index (χ2n) is 10.4. The van der Waals surface area contributed by atoms with Crippen LogP contribution in [-0.4, -0.2) is 78.6 Å². The van der Waals surface area contributed by atoms with Crippen LogP contribution in [0, 0.1) is 0 Å². The number of ether oxygens (including phenoxy) is 2. The monoisotopic (exact) mass is 586 g/mol. The standard InChI is InChI=1S/C29H29F3N4O4S/c30-29(31,32)20-4-3-5-21(16-20)34-12-14-36(15-13-34)27(37)22-18-41-26(33-22)19-8-10-35(11-9-19)28(38)25-17-39-23-6-1-2-7-24(23)40-25/h1-7,16,18-19,25H,8-15,17H2. The van der Waals surface area contributed by atoms with Crippen LogP contribution in [0.5, 0.6) is 11.5 Å². The molecule has 12 heteroatoms. The van der Waals surface area contributed by atoms with Crippen molar-refractivity contribution < 1.29 is 32.2 Å². The van der Waals surface area contributed by atoms with Gasteiger partial charge >= 0.3 is 6.18 Å². The summed E-state index contributed by atoms with van der Waals surface area (Å²) in [7, 11) is 0. The zero-order valence-corrected chi connectivity index (χ0v) is 23.0. The van der Waals surface area contributed by atoms with Gasteiger partial charge in [0.2, 0.25) is 6.10 Å². The number of alkyl halides is 3. The van der Waals surface area contributed by atoms with E-state index in [0.717, 1.165) is 30.0 Å². The summed E-state index contributed by atoms with van der Waals surface area (Å²) >= 11 is 1.46. The van der Waals surface area contributed by atoms with Crippen LogP contribution < -0.4 is 14.4 Å². The number of anilines is 1. The average Bonchev–Trinajstić information content (AvgIpc) is 3.50. The molecule has 2 saturated heterocycles. The summed E-state index contributed by atoms with van der Waals surface area (Å²) in [5.74, 6) is 1.12. The Hall–Kier alpha value is -3.80. The van der Waals surface area contributed by atoms with Gasteiger partial charge in [-0.3, -0.25) is 9.59 Å². The van der Waals surface area contributed by atoms with Crippen LogP contribution in [0.2, 0.25) is 0 Å². The number of rotatable bonds is 4. The maximum absolute atomic E-state index is 13.2. The molecule has 0 N–H and O–H groups in total. The first-order chi connectivity index (χ1) is 19.8. The molecule has 0 spiro atoms. The van der Waals surface area contributed by atoms with Gasteiger partial charge in [0.15, 0.2) is 11.5 Å². The summed E-state index contributed by atoms with van der Waals surface area (Å²) < 4.78 is 50.9. The Morgan fingerprint density at radius 2 is 1.63 bits per heavy atom. The van der Waals surface area contributed by atoms with Crippen molar-refractivity contribution in [3.63, 3.8) is 0 Å². The highest BCUT2D eigenvalue weighted by Gasteiger charge is 2.35. The van der Waals surface area contributed by atoms with Crippen molar-refractivity contribution in [2.45, 2.75) is 31.0 Å². The quantitative estimate of drug-likeness (QED) is 0.443. The van der Waals surface area contributed by atoms with Crippen molar-refractivity contribution >= 4 is 28.8 Å². The van der Waals surface area contributed by atoms with Crippen molar-refractivity contribution in [1.29, 1.82) is 0 Å². The Morgan fingerprint density at radius 3 is 2.37 bits per heavy atom. The van der Waals surface area contributed by atoms with Crippen LogP contribution in [0.3, 0.4) is 0 Å². The van der Waals surface area contributed by atoms with E-state index in [-0.39, 0.29) is 24.3 Å². The van der Waals surface area contributed by atoms with Crippen LogP contribution in [0.25, 0.3) is 0 Å². The molecule has 0 aliphatic carbocycles. The topological polar surface area (TPSA) is 75.2 Å². The molecule has 2 aromatic carbocycles. The third-order valence-corrected chi connectivity index (χ3v) is 8.79. The minimum absolute atomic E-state index is 0.0859. The number of piperidine rings is 1. The lowest BCUT2D eigenvalue weighted by atomic mass is 9.97. The van der Waals surface area contributed by atoms with Crippen LogP contribution in [-0.2, 0) is 11.0 Å². The molecule has 0 bridgehead atoms. The predicted octanol–water partition coefficient (Wildman–Crippen LogP) is 4.67. The van der Waals surface area contributed by atoms with Gasteiger partial charge in [-0.25, -0.2) is 4.98 Å². The first-order valence-electron chi connectivity index (χ1n) is 13.6. The number of carbonyl (C=O) groups is 2. The molecule has 8 nitrogen and oxygen atoms in total. The summed E-state index contributed by atoms with van der Waals surface area (Å²) in [6, 6.07) is 12.6. The Balaban J connectivity index is 1.00. The molecule has 1 unspecified atom stereocenters. The smallest absolute Gasteiger partial charge is 0.416 e. The molecule has 6 rings (SSSR count). The number of hydrogen-bond acceptors (Lipinski definition) is 7. The van der Waals surface area contributed by atoms with Crippen molar-refractivity contribution in [2.24, 2.45) is 0 Å². The van der Waals surface area contributed by atoms with E-state index < -0.39 is 17.8 Å². The van der Waals surface area contributed by atoms with Crippen LogP contribution >= 0.6 is 11.3 Å². The molecular weight excluding hydrogens is 557 g/mol. The van der Waals surface area contributed by atoms with Gasteiger partial charge in [-0.05, 0) is 43.2 Å². The Kier molecular flexibility index (Phi) is 7.50. The molecule has 4 heterocycles. The molecule has 3 aliphatic rings. The van der Waals surface area contributed by atoms with Crippen LogP contribution in [0.1, 0.15) is 39.8 Å². The normalized spacial score (nSPS) is 19.8. The molecule has 1 atom stereocenters. The van der Waals surface area contributed by atoms with E-state index in [9.17, 15) is 22.8 Å². The number of nitrogens with zero attached hydrogens (tertiary/aromatic N) is 4. The lowest BCUT2D eigenvalue weighted by Gasteiger charge is -2.36. The molecular formula is C29H29F3N4O4S. The first kappa shape index (κ1) is 27.4. The lowest BCUT2D eigenvalue weighted by molar-refractivity contribution is -0.142. The minimum Gasteiger partial charge on any atom is -0.485 e. The second-order valence-corrected chi connectivity index (χ2v) is 11.3. The maximum atomic E-state index is 13.2. The van der Waals surface area contributed by atoms with Crippen molar-refractivity contribution in [2.75, 3.05) is 50.8 Å². The zero-order chi connectivity index (χ0) is 28.6. The van der Waals surface area contributed by atoms with Gasteiger partial charge in [0.25, 0.3) is 11.8 Å². The van der Waals surface area contributed by atoms with Gasteiger partial charge in [0, 0.05) is 56.3 Å². The number of fused-ring (bicyclic) bond motifs is 1. The number of benzene rings is 2. The van der Waals surface area contributed by atoms with E-state index in [1.165, 1.54) is 17.4 Å². The second kappa shape index (κ2) is 11.2. The Morgan fingerprint density at radius 1 is 0.902 bits per heavy atom. The number of likely N-dealkylation sites (tertiary alicyclic amines) is 1. The molecule has 3 aromatic rings. The molecule has 3 aliphatic heterocycles. The van der Waals surface area contributed by atoms with E-state index >= 15 is 0 Å². The number of aromatic nitrogens is 1. The van der Waals surface area contributed by atoms with Gasteiger partial charge in [0.05, 0.1) is 10.6 Å². The molecule has 41 heavy (non-hydrogen) atoms. The summed E-state index contributed by atoms with van der Waals surface area (Å²) in [4.78, 5) is 36.2. The molecule has 0 radical (unpaired) electrons. The summed E-state index contributed by atoms with van der Waals surface area (Å²) in [6.07, 6.45) is -3.58. The van der Waals surface area contributed by atoms with Gasteiger partial charge in [-0.1, -0.05) is 18.2 Å². The fraction of sp³-hybridized carbons (Fsp3) is 0.414. The van der Waals surface area contributed by atoms with Crippen molar-refractivity contribution in [3.05, 3.63) is 70.2 Å². The van der Waals surface area contributed by atoms with E-state index in [0.29, 0.717) is 62.1 Å². The van der Waals surface area contributed by atoms with Crippen LogP contribution in [0.15, 0.2) is 53.9 Å². The number of thiazole rings is 1. The third kappa shape index (κ3) is 5.83. The molecule has 1 aromatic heterocycles. The SMILES string of the molecule is O=C(c1csc(C2CCN(C(=O)C3COc4ccccc4O3)CC2)n1)N1CCN(c2cccc(C(F)(F)F)c2)CC1. The predicted molar refractivity (Wildman–Crippen MR) is 147 cm³/mol. The summed E-state index contributed by atoms with van der Waals surface area (Å²) in [5.41, 5.74) is 0.211. The molecule has 2 amide bonds. The largest absolute Gasteiger partial charge is 0.485 e. The minimum atomic E-state index is -4.39. The molecule has 0 saturated carbocycles. The third-order valence-electron chi connectivity index (χ3n) is 7.79. The van der Waals surface area contributed by atoms with Crippen molar-refractivity contribution in [1.82, 2.24) is 14.8 Å². The Bertz CT molecular complexity index is 1410. The first-order valence-corrected chi connectivity index (χ1v) is 14.5. The maximum Gasteiger partial charge on any atom is 0.416 e. The van der Waals surface area contributed by atoms with Crippen LogP contribution in [0.4, 0.5) is 18.9 Å². The Labute approximate surface area is 239 Å². The molecule has 2 fully saturated rings. The number of hydrogen-bond donors (Lipinski definition) is 0. The van der Waals surface area contributed by atoms with Gasteiger partial charge in [-0.2, -0.15) is 13.2 Å². The van der Waals surface area contributed by atoms with E-state index in [2.05, 4.69) is 4.98 Å². The number of piperazine rings is 1. The summed E-state index contributed by atoms with van der Waals surface area (Å²) in [5, 5.41) is 2.66. The highest BCUT2D eigenvalue weighted by Crippen LogP contribution is 2.34. The summed E-state index contributed by atoms with van der Waals surface area (Å²) in [6.45, 7) is 3.02. The number of carbonyl (C=O) groups excluding carboxylic acids is 2. The van der Waals surface area contributed by atoms with Gasteiger partial charge in [0.1, 0.15) is 12.3 Å².